The zero-order valence-corrected chi connectivity index (χ0v) is 18.0. The summed E-state index contributed by atoms with van der Waals surface area (Å²) in [6.45, 7) is 4.19. The van der Waals surface area contributed by atoms with E-state index in [1.807, 2.05) is 31.2 Å². The van der Waals surface area contributed by atoms with Crippen molar-refractivity contribution in [2.45, 2.75) is 24.3 Å². The van der Waals surface area contributed by atoms with Crippen LogP contribution in [0.3, 0.4) is 0 Å². The van der Waals surface area contributed by atoms with E-state index in [1.54, 1.807) is 32.2 Å². The third kappa shape index (κ3) is 5.04. The Labute approximate surface area is 178 Å². The van der Waals surface area contributed by atoms with Crippen molar-refractivity contribution in [1.29, 1.82) is 0 Å². The van der Waals surface area contributed by atoms with Crippen molar-refractivity contribution in [3.8, 4) is 28.7 Å². The van der Waals surface area contributed by atoms with E-state index in [0.717, 1.165) is 11.8 Å². The lowest BCUT2D eigenvalue weighted by molar-refractivity contribution is -0.115. The molecule has 0 saturated carbocycles. The lowest BCUT2D eigenvalue weighted by atomic mass is 10.2. The van der Waals surface area contributed by atoms with Gasteiger partial charge in [0, 0.05) is 6.07 Å². The molecular formula is C21H23N3O5S. The van der Waals surface area contributed by atoms with Crippen molar-refractivity contribution < 1.29 is 23.4 Å². The number of aromatic nitrogens is 2. The van der Waals surface area contributed by atoms with Crippen molar-refractivity contribution in [3.63, 3.8) is 0 Å². The number of para-hydroxylation sites is 1. The molecule has 9 heteroatoms. The molecule has 158 valence electrons. The molecule has 0 fully saturated rings. The molecule has 0 aliphatic carbocycles. The highest BCUT2D eigenvalue weighted by atomic mass is 32.2. The second-order valence-corrected chi connectivity index (χ2v) is 7.41. The van der Waals surface area contributed by atoms with Crippen LogP contribution in [0.5, 0.6) is 17.2 Å². The highest BCUT2D eigenvalue weighted by molar-refractivity contribution is 8.00. The second-order valence-electron chi connectivity index (χ2n) is 6.12. The van der Waals surface area contributed by atoms with Gasteiger partial charge in [-0.25, -0.2) is 0 Å². The molecule has 1 heterocycles. The van der Waals surface area contributed by atoms with Gasteiger partial charge in [-0.2, -0.15) is 0 Å². The summed E-state index contributed by atoms with van der Waals surface area (Å²) in [4.78, 5) is 12.7. The Morgan fingerprint density at radius 1 is 1.13 bits per heavy atom. The summed E-state index contributed by atoms with van der Waals surface area (Å²) in [5.74, 6) is 1.91. The van der Waals surface area contributed by atoms with Gasteiger partial charge in [-0.1, -0.05) is 23.9 Å². The van der Waals surface area contributed by atoms with E-state index in [4.69, 9.17) is 18.6 Å². The summed E-state index contributed by atoms with van der Waals surface area (Å²) in [5, 5.41) is 10.8. The van der Waals surface area contributed by atoms with Crippen LogP contribution in [0, 0.1) is 0 Å². The van der Waals surface area contributed by atoms with Crippen molar-refractivity contribution in [2.24, 2.45) is 0 Å². The molecule has 1 amide bonds. The number of thioether (sulfide) groups is 1. The van der Waals surface area contributed by atoms with Crippen LogP contribution in [0.2, 0.25) is 0 Å². The van der Waals surface area contributed by atoms with Gasteiger partial charge in [0.2, 0.25) is 5.91 Å². The molecule has 0 saturated heterocycles. The number of methoxy groups -OCH3 is 2. The average molecular weight is 429 g/mol. The van der Waals surface area contributed by atoms with Crippen molar-refractivity contribution in [3.05, 3.63) is 42.5 Å². The first kappa shape index (κ1) is 21.5. The predicted octanol–water partition coefficient (Wildman–Crippen LogP) is 4.27. The Morgan fingerprint density at radius 3 is 2.67 bits per heavy atom. The normalized spacial score (nSPS) is 11.6. The van der Waals surface area contributed by atoms with E-state index >= 15 is 0 Å². The lowest BCUT2D eigenvalue weighted by Gasteiger charge is -2.14. The molecule has 0 aliphatic rings. The molecular weight excluding hydrogens is 406 g/mol. The Morgan fingerprint density at radius 2 is 1.93 bits per heavy atom. The fraction of sp³-hybridized carbons (Fsp3) is 0.286. The maximum absolute atomic E-state index is 12.7. The molecule has 0 bridgehead atoms. The van der Waals surface area contributed by atoms with Gasteiger partial charge in [-0.05, 0) is 38.1 Å². The molecule has 1 atom stereocenters. The number of nitrogens with one attached hydrogen (secondary N) is 1. The van der Waals surface area contributed by atoms with Crippen LogP contribution >= 0.6 is 11.8 Å². The van der Waals surface area contributed by atoms with Crippen molar-refractivity contribution in [1.82, 2.24) is 10.2 Å². The maximum Gasteiger partial charge on any atom is 0.277 e. The summed E-state index contributed by atoms with van der Waals surface area (Å²) in [5.41, 5.74) is 1.23. The number of amides is 1. The first-order valence-electron chi connectivity index (χ1n) is 9.31. The topological polar surface area (TPSA) is 95.7 Å². The Kier molecular flexibility index (Phi) is 7.18. The monoisotopic (exact) mass is 429 g/mol. The van der Waals surface area contributed by atoms with Crippen LogP contribution in [-0.2, 0) is 4.79 Å². The van der Waals surface area contributed by atoms with E-state index in [9.17, 15) is 4.79 Å². The van der Waals surface area contributed by atoms with Gasteiger partial charge in [-0.15, -0.1) is 10.2 Å². The summed E-state index contributed by atoms with van der Waals surface area (Å²) in [6.07, 6.45) is 0. The molecule has 3 aromatic rings. The SMILES string of the molecule is CCOc1ccccc1-c1nnc(SC(C)C(=O)Nc2cc(OC)ccc2OC)o1. The van der Waals surface area contributed by atoms with Crippen molar-refractivity contribution in [2.75, 3.05) is 26.1 Å². The zero-order chi connectivity index (χ0) is 21.5. The van der Waals surface area contributed by atoms with Crippen LogP contribution in [0.15, 0.2) is 52.1 Å². The number of carbonyl (C=O) groups is 1. The fourth-order valence-corrected chi connectivity index (χ4v) is 3.33. The lowest BCUT2D eigenvalue weighted by Crippen LogP contribution is -2.22. The number of nitrogens with zero attached hydrogens (tertiary/aromatic N) is 2. The first-order valence-corrected chi connectivity index (χ1v) is 10.2. The van der Waals surface area contributed by atoms with Gasteiger partial charge >= 0.3 is 0 Å². The Balaban J connectivity index is 1.70. The van der Waals surface area contributed by atoms with Crippen LogP contribution < -0.4 is 19.5 Å². The number of hydrogen-bond donors (Lipinski definition) is 1. The minimum absolute atomic E-state index is 0.235. The fourth-order valence-electron chi connectivity index (χ4n) is 2.64. The zero-order valence-electron chi connectivity index (χ0n) is 17.2. The molecule has 0 spiro atoms. The number of ether oxygens (including phenoxy) is 3. The summed E-state index contributed by atoms with van der Waals surface area (Å²) in [7, 11) is 3.10. The van der Waals surface area contributed by atoms with E-state index < -0.39 is 5.25 Å². The number of carbonyl (C=O) groups excluding carboxylic acids is 1. The summed E-state index contributed by atoms with van der Waals surface area (Å²) >= 11 is 1.16. The minimum atomic E-state index is -0.489. The van der Waals surface area contributed by atoms with Gasteiger partial charge in [0.05, 0.1) is 37.3 Å². The average Bonchev–Trinajstić information content (AvgIpc) is 3.22. The first-order chi connectivity index (χ1) is 14.5. The number of hydrogen-bond acceptors (Lipinski definition) is 8. The van der Waals surface area contributed by atoms with Crippen LogP contribution in [0.25, 0.3) is 11.5 Å². The van der Waals surface area contributed by atoms with Crippen molar-refractivity contribution >= 4 is 23.4 Å². The van der Waals surface area contributed by atoms with Crippen LogP contribution in [0.1, 0.15) is 13.8 Å². The molecule has 0 radical (unpaired) electrons. The van der Waals surface area contributed by atoms with E-state index in [0.29, 0.717) is 41.0 Å². The molecule has 2 aromatic carbocycles. The second kappa shape index (κ2) is 10.0. The molecule has 3 rings (SSSR count). The minimum Gasteiger partial charge on any atom is -0.497 e. The molecule has 30 heavy (non-hydrogen) atoms. The van der Waals surface area contributed by atoms with Gasteiger partial charge in [0.15, 0.2) is 0 Å². The Hall–Kier alpha value is -3.20. The molecule has 1 aromatic heterocycles. The van der Waals surface area contributed by atoms with E-state index in [-0.39, 0.29) is 11.1 Å². The summed E-state index contributed by atoms with van der Waals surface area (Å²) in [6, 6.07) is 12.6. The largest absolute Gasteiger partial charge is 0.497 e. The van der Waals surface area contributed by atoms with E-state index in [1.165, 1.54) is 7.11 Å². The highest BCUT2D eigenvalue weighted by Crippen LogP contribution is 2.33. The van der Waals surface area contributed by atoms with Gasteiger partial charge in [0.25, 0.3) is 11.1 Å². The maximum atomic E-state index is 12.7. The standard InChI is InChI=1S/C21H23N3O5S/c1-5-28-17-9-7-6-8-15(17)20-23-24-21(29-20)30-13(2)19(25)22-16-12-14(26-3)10-11-18(16)27-4/h6-13H,5H2,1-4H3,(H,22,25). The number of benzene rings is 2. The third-order valence-electron chi connectivity index (χ3n) is 4.14. The number of rotatable bonds is 9. The Bertz CT molecular complexity index is 1010. The van der Waals surface area contributed by atoms with Gasteiger partial charge in [-0.3, -0.25) is 4.79 Å². The van der Waals surface area contributed by atoms with Gasteiger partial charge in [0.1, 0.15) is 17.2 Å². The predicted molar refractivity (Wildman–Crippen MR) is 114 cm³/mol. The van der Waals surface area contributed by atoms with Gasteiger partial charge < -0.3 is 23.9 Å². The highest BCUT2D eigenvalue weighted by Gasteiger charge is 2.21. The third-order valence-corrected chi connectivity index (χ3v) is 5.07. The number of anilines is 1. The van der Waals surface area contributed by atoms with E-state index in [2.05, 4.69) is 15.5 Å². The quantitative estimate of drug-likeness (QED) is 0.504. The molecule has 0 aliphatic heterocycles. The van der Waals surface area contributed by atoms with Crippen LogP contribution in [-0.4, -0.2) is 42.2 Å². The summed E-state index contributed by atoms with van der Waals surface area (Å²) < 4.78 is 21.9. The molecule has 1 N–H and O–H groups in total. The molecule has 1 unspecified atom stereocenters. The smallest absolute Gasteiger partial charge is 0.277 e. The van der Waals surface area contributed by atoms with Crippen LogP contribution in [0.4, 0.5) is 5.69 Å². The molecule has 8 nitrogen and oxygen atoms in total.